The van der Waals surface area contributed by atoms with Crippen LogP contribution in [0.5, 0.6) is 11.5 Å². The van der Waals surface area contributed by atoms with Crippen molar-refractivity contribution in [2.45, 2.75) is 13.2 Å². The van der Waals surface area contributed by atoms with Gasteiger partial charge < -0.3 is 19.1 Å². The van der Waals surface area contributed by atoms with Gasteiger partial charge in [0.1, 0.15) is 5.69 Å². The molecule has 0 aliphatic rings. The van der Waals surface area contributed by atoms with Gasteiger partial charge in [-0.3, -0.25) is 4.98 Å². The van der Waals surface area contributed by atoms with Gasteiger partial charge in [0.05, 0.1) is 27.4 Å². The third kappa shape index (κ3) is 2.31. The molecule has 18 heavy (non-hydrogen) atoms. The molecule has 96 valence electrons. The molecule has 0 aliphatic carbocycles. The quantitative estimate of drug-likeness (QED) is 0.870. The zero-order chi connectivity index (χ0) is 13.0. The fourth-order valence-electron chi connectivity index (χ4n) is 1.87. The van der Waals surface area contributed by atoms with Gasteiger partial charge in [-0.05, 0) is 12.1 Å². The Kier molecular flexibility index (Phi) is 3.84. The van der Waals surface area contributed by atoms with Crippen molar-refractivity contribution < 1.29 is 14.6 Å². The van der Waals surface area contributed by atoms with E-state index in [0.29, 0.717) is 18.0 Å². The molecule has 0 atom stereocenters. The van der Waals surface area contributed by atoms with Crippen molar-refractivity contribution in [2.24, 2.45) is 0 Å². The molecule has 2 aromatic heterocycles. The van der Waals surface area contributed by atoms with Gasteiger partial charge >= 0.3 is 0 Å². The SMILES string of the molecule is COc1ccnc(Cn2cccc2CO)c1OC. The molecule has 5 heteroatoms. The van der Waals surface area contributed by atoms with Crippen molar-refractivity contribution in [1.29, 1.82) is 0 Å². The van der Waals surface area contributed by atoms with Crippen LogP contribution in [0.3, 0.4) is 0 Å². The van der Waals surface area contributed by atoms with Crippen LogP contribution in [0.15, 0.2) is 30.6 Å². The highest BCUT2D eigenvalue weighted by atomic mass is 16.5. The normalized spacial score (nSPS) is 10.4. The van der Waals surface area contributed by atoms with Gasteiger partial charge in [-0.25, -0.2) is 0 Å². The van der Waals surface area contributed by atoms with Crippen LogP contribution in [0, 0.1) is 0 Å². The van der Waals surface area contributed by atoms with Crippen molar-refractivity contribution in [1.82, 2.24) is 9.55 Å². The van der Waals surface area contributed by atoms with Crippen molar-refractivity contribution in [2.75, 3.05) is 14.2 Å². The fraction of sp³-hybridized carbons (Fsp3) is 0.308. The molecule has 0 radical (unpaired) electrons. The molecular formula is C13H16N2O3. The van der Waals surface area contributed by atoms with Gasteiger partial charge in [-0.1, -0.05) is 0 Å². The van der Waals surface area contributed by atoms with E-state index in [1.165, 1.54) is 0 Å². The standard InChI is InChI=1S/C13H16N2O3/c1-17-12-5-6-14-11(13(12)18-2)8-15-7-3-4-10(15)9-16/h3-7,16H,8-9H2,1-2H3. The largest absolute Gasteiger partial charge is 0.493 e. The molecule has 0 amide bonds. The van der Waals surface area contributed by atoms with Crippen molar-refractivity contribution in [3.63, 3.8) is 0 Å². The number of nitrogens with zero attached hydrogens (tertiary/aromatic N) is 2. The van der Waals surface area contributed by atoms with Crippen LogP contribution < -0.4 is 9.47 Å². The summed E-state index contributed by atoms with van der Waals surface area (Å²) in [5.74, 6) is 1.28. The highest BCUT2D eigenvalue weighted by Crippen LogP contribution is 2.29. The lowest BCUT2D eigenvalue weighted by molar-refractivity contribution is 0.271. The molecule has 0 fully saturated rings. The van der Waals surface area contributed by atoms with Crippen LogP contribution in [0.25, 0.3) is 0 Å². The summed E-state index contributed by atoms with van der Waals surface area (Å²) in [5, 5.41) is 9.22. The van der Waals surface area contributed by atoms with E-state index in [1.807, 2.05) is 22.9 Å². The minimum atomic E-state index is -0.000710. The molecule has 0 spiro atoms. The van der Waals surface area contributed by atoms with E-state index in [1.54, 1.807) is 26.5 Å². The van der Waals surface area contributed by atoms with E-state index < -0.39 is 0 Å². The molecule has 5 nitrogen and oxygen atoms in total. The number of hydrogen-bond donors (Lipinski definition) is 1. The molecular weight excluding hydrogens is 232 g/mol. The number of aromatic nitrogens is 2. The second kappa shape index (κ2) is 5.55. The van der Waals surface area contributed by atoms with Gasteiger partial charge in [0.25, 0.3) is 0 Å². The van der Waals surface area contributed by atoms with Crippen LogP contribution >= 0.6 is 0 Å². The number of pyridine rings is 1. The minimum absolute atomic E-state index is 0.000710. The Labute approximate surface area is 106 Å². The average molecular weight is 248 g/mol. The van der Waals surface area contributed by atoms with Gasteiger partial charge in [0.2, 0.25) is 0 Å². The fourth-order valence-corrected chi connectivity index (χ4v) is 1.87. The first-order chi connectivity index (χ1) is 8.80. The summed E-state index contributed by atoms with van der Waals surface area (Å²) in [4.78, 5) is 4.30. The van der Waals surface area contributed by atoms with E-state index in [9.17, 15) is 5.11 Å². The Morgan fingerprint density at radius 2 is 2.11 bits per heavy atom. The Balaban J connectivity index is 2.34. The number of rotatable bonds is 5. The average Bonchev–Trinajstić information content (AvgIpc) is 2.85. The lowest BCUT2D eigenvalue weighted by Crippen LogP contribution is -2.07. The Morgan fingerprint density at radius 1 is 1.28 bits per heavy atom. The molecule has 0 saturated heterocycles. The molecule has 2 rings (SSSR count). The Hall–Kier alpha value is -2.01. The number of ether oxygens (including phenoxy) is 2. The van der Waals surface area contributed by atoms with Crippen molar-refractivity contribution in [3.8, 4) is 11.5 Å². The molecule has 2 aromatic rings. The summed E-state index contributed by atoms with van der Waals surface area (Å²) in [7, 11) is 3.18. The van der Waals surface area contributed by atoms with Gasteiger partial charge in [0.15, 0.2) is 11.5 Å². The number of methoxy groups -OCH3 is 2. The van der Waals surface area contributed by atoms with Crippen molar-refractivity contribution >= 4 is 0 Å². The maximum absolute atomic E-state index is 9.22. The smallest absolute Gasteiger partial charge is 0.184 e. The maximum atomic E-state index is 9.22. The minimum Gasteiger partial charge on any atom is -0.493 e. The second-order valence-corrected chi connectivity index (χ2v) is 3.78. The molecule has 0 unspecified atom stereocenters. The molecule has 1 N–H and O–H groups in total. The van der Waals surface area contributed by atoms with E-state index in [2.05, 4.69) is 4.98 Å². The van der Waals surface area contributed by atoms with Crippen LogP contribution in [0.4, 0.5) is 0 Å². The summed E-state index contributed by atoms with van der Waals surface area (Å²) in [6.45, 7) is 0.530. The highest BCUT2D eigenvalue weighted by Gasteiger charge is 2.12. The number of aliphatic hydroxyl groups is 1. The molecule has 0 saturated carbocycles. The van der Waals surface area contributed by atoms with E-state index in [-0.39, 0.29) is 6.61 Å². The van der Waals surface area contributed by atoms with Gasteiger partial charge in [0, 0.05) is 24.2 Å². The molecule has 0 aliphatic heterocycles. The second-order valence-electron chi connectivity index (χ2n) is 3.78. The summed E-state index contributed by atoms with van der Waals surface area (Å²) in [6.07, 6.45) is 3.57. The van der Waals surface area contributed by atoms with E-state index in [0.717, 1.165) is 11.4 Å². The Morgan fingerprint density at radius 3 is 2.78 bits per heavy atom. The van der Waals surface area contributed by atoms with Crippen molar-refractivity contribution in [3.05, 3.63) is 42.0 Å². The number of aliphatic hydroxyl groups excluding tert-OH is 1. The predicted molar refractivity (Wildman–Crippen MR) is 66.8 cm³/mol. The zero-order valence-electron chi connectivity index (χ0n) is 10.5. The van der Waals surface area contributed by atoms with Gasteiger partial charge in [-0.15, -0.1) is 0 Å². The molecule has 0 bridgehead atoms. The summed E-state index contributed by atoms with van der Waals surface area (Å²) < 4.78 is 12.5. The summed E-state index contributed by atoms with van der Waals surface area (Å²) in [6, 6.07) is 5.51. The molecule has 2 heterocycles. The first-order valence-corrected chi connectivity index (χ1v) is 5.61. The van der Waals surface area contributed by atoms with Gasteiger partial charge in [-0.2, -0.15) is 0 Å². The lowest BCUT2D eigenvalue weighted by atomic mass is 10.3. The van der Waals surface area contributed by atoms with E-state index in [4.69, 9.17) is 9.47 Å². The first-order valence-electron chi connectivity index (χ1n) is 5.61. The zero-order valence-corrected chi connectivity index (χ0v) is 10.5. The first kappa shape index (κ1) is 12.4. The third-order valence-corrected chi connectivity index (χ3v) is 2.77. The third-order valence-electron chi connectivity index (χ3n) is 2.77. The predicted octanol–water partition coefficient (Wildman–Crippen LogP) is 1.44. The summed E-state index contributed by atoms with van der Waals surface area (Å²) in [5.41, 5.74) is 1.60. The van der Waals surface area contributed by atoms with Crippen LogP contribution in [-0.4, -0.2) is 28.9 Å². The topological polar surface area (TPSA) is 56.5 Å². The van der Waals surface area contributed by atoms with Crippen LogP contribution in [0.1, 0.15) is 11.4 Å². The lowest BCUT2D eigenvalue weighted by Gasteiger charge is -2.13. The monoisotopic (exact) mass is 248 g/mol. The molecule has 0 aromatic carbocycles. The van der Waals surface area contributed by atoms with Crippen LogP contribution in [0.2, 0.25) is 0 Å². The number of hydrogen-bond acceptors (Lipinski definition) is 4. The maximum Gasteiger partial charge on any atom is 0.184 e. The summed E-state index contributed by atoms with van der Waals surface area (Å²) >= 11 is 0. The van der Waals surface area contributed by atoms with E-state index >= 15 is 0 Å². The van der Waals surface area contributed by atoms with Crippen LogP contribution in [-0.2, 0) is 13.2 Å². The Bertz CT molecular complexity index is 523. The highest BCUT2D eigenvalue weighted by molar-refractivity contribution is 5.42.